The fourth-order valence-corrected chi connectivity index (χ4v) is 2.69. The van der Waals surface area contributed by atoms with Crippen LogP contribution in [-0.2, 0) is 0 Å². The van der Waals surface area contributed by atoms with Gasteiger partial charge in [0, 0.05) is 18.8 Å². The molecule has 0 bridgehead atoms. The van der Waals surface area contributed by atoms with E-state index >= 15 is 0 Å². The second-order valence-corrected chi connectivity index (χ2v) is 5.20. The highest BCUT2D eigenvalue weighted by molar-refractivity contribution is 5.97. The van der Waals surface area contributed by atoms with Crippen LogP contribution in [0.2, 0.25) is 0 Å². The number of hydrogen-bond donors (Lipinski definition) is 2. The van der Waals surface area contributed by atoms with Gasteiger partial charge in [-0.15, -0.1) is 0 Å². The Morgan fingerprint density at radius 3 is 3.05 bits per heavy atom. The Morgan fingerprint density at radius 2 is 2.37 bits per heavy atom. The van der Waals surface area contributed by atoms with Gasteiger partial charge in [0.1, 0.15) is 5.82 Å². The van der Waals surface area contributed by atoms with Crippen LogP contribution in [0.3, 0.4) is 0 Å². The van der Waals surface area contributed by atoms with Gasteiger partial charge in [-0.05, 0) is 51.4 Å². The number of anilines is 1. The minimum absolute atomic E-state index is 0.404. The van der Waals surface area contributed by atoms with E-state index in [0.717, 1.165) is 37.6 Å². The van der Waals surface area contributed by atoms with Gasteiger partial charge in [0.05, 0.1) is 5.56 Å². The summed E-state index contributed by atoms with van der Waals surface area (Å²) in [7, 11) is 1.97. The molecule has 1 aliphatic heterocycles. The number of pyridine rings is 1. The van der Waals surface area contributed by atoms with E-state index in [1.165, 1.54) is 6.42 Å². The molecule has 0 aliphatic carbocycles. The van der Waals surface area contributed by atoms with Gasteiger partial charge >= 0.3 is 0 Å². The molecular weight excluding hydrogens is 240 g/mol. The maximum absolute atomic E-state index is 11.5. The maximum atomic E-state index is 11.5. The van der Waals surface area contributed by atoms with E-state index in [1.54, 1.807) is 6.07 Å². The van der Waals surface area contributed by atoms with Crippen LogP contribution in [0.25, 0.3) is 0 Å². The molecule has 0 saturated carbocycles. The summed E-state index contributed by atoms with van der Waals surface area (Å²) in [6.07, 6.45) is 2.34. The lowest BCUT2D eigenvalue weighted by molar-refractivity contribution is 0.100. The zero-order valence-corrected chi connectivity index (χ0v) is 11.6. The van der Waals surface area contributed by atoms with Gasteiger partial charge in [-0.1, -0.05) is 0 Å². The Labute approximate surface area is 114 Å². The first-order valence-electron chi connectivity index (χ1n) is 6.79. The molecule has 1 amide bonds. The largest absolute Gasteiger partial charge is 0.365 e. The van der Waals surface area contributed by atoms with Crippen LogP contribution in [-0.4, -0.2) is 37.6 Å². The fourth-order valence-electron chi connectivity index (χ4n) is 2.69. The van der Waals surface area contributed by atoms with Crippen molar-refractivity contribution < 1.29 is 4.79 Å². The highest BCUT2D eigenvalue weighted by Gasteiger charge is 2.23. The first-order chi connectivity index (χ1) is 9.11. The average molecular weight is 262 g/mol. The number of hydrogen-bond acceptors (Lipinski definition) is 4. The molecule has 1 fully saturated rings. The van der Waals surface area contributed by atoms with Crippen LogP contribution < -0.4 is 16.0 Å². The van der Waals surface area contributed by atoms with Gasteiger partial charge in [0.2, 0.25) is 0 Å². The molecule has 2 rings (SSSR count). The third kappa shape index (κ3) is 3.23. The summed E-state index contributed by atoms with van der Waals surface area (Å²) in [5, 5.41) is 3.22. The Kier molecular flexibility index (Phi) is 4.37. The van der Waals surface area contributed by atoms with Crippen molar-refractivity contribution in [1.29, 1.82) is 0 Å². The van der Waals surface area contributed by atoms with Crippen molar-refractivity contribution in [1.82, 2.24) is 10.3 Å². The molecule has 1 aromatic rings. The predicted molar refractivity (Wildman–Crippen MR) is 76.4 cm³/mol. The molecule has 2 heterocycles. The smallest absolute Gasteiger partial charge is 0.252 e. The highest BCUT2D eigenvalue weighted by atomic mass is 16.1. The Balaban J connectivity index is 2.24. The van der Waals surface area contributed by atoms with Gasteiger partial charge in [0.25, 0.3) is 5.91 Å². The first-order valence-corrected chi connectivity index (χ1v) is 6.79. The SMILES string of the molecule is CNCC1CCCN(c2nc(C)ccc2C(N)=O)C1. The number of carbonyl (C=O) groups is 1. The molecule has 1 unspecified atom stereocenters. The van der Waals surface area contributed by atoms with Crippen molar-refractivity contribution in [2.75, 3.05) is 31.6 Å². The van der Waals surface area contributed by atoms with Crippen molar-refractivity contribution in [3.8, 4) is 0 Å². The number of primary amides is 1. The minimum Gasteiger partial charge on any atom is -0.365 e. The number of rotatable bonds is 4. The van der Waals surface area contributed by atoms with E-state index in [2.05, 4.69) is 15.2 Å². The number of amides is 1. The number of nitrogens with zero attached hydrogens (tertiary/aromatic N) is 2. The van der Waals surface area contributed by atoms with Crippen LogP contribution in [0.5, 0.6) is 0 Å². The molecule has 0 spiro atoms. The highest BCUT2D eigenvalue weighted by Crippen LogP contribution is 2.24. The second kappa shape index (κ2) is 6.02. The summed E-state index contributed by atoms with van der Waals surface area (Å²) in [6.45, 7) is 4.80. The fraction of sp³-hybridized carbons (Fsp3) is 0.571. The Morgan fingerprint density at radius 1 is 1.58 bits per heavy atom. The molecule has 104 valence electrons. The number of carbonyl (C=O) groups excluding carboxylic acids is 1. The number of aryl methyl sites for hydroxylation is 1. The molecule has 19 heavy (non-hydrogen) atoms. The summed E-state index contributed by atoms with van der Waals surface area (Å²) in [5.41, 5.74) is 6.88. The number of nitrogens with two attached hydrogens (primary N) is 1. The molecular formula is C14H22N4O. The van der Waals surface area contributed by atoms with E-state index in [4.69, 9.17) is 5.73 Å². The van der Waals surface area contributed by atoms with Crippen LogP contribution >= 0.6 is 0 Å². The summed E-state index contributed by atoms with van der Waals surface area (Å²) in [4.78, 5) is 18.2. The maximum Gasteiger partial charge on any atom is 0.252 e. The third-order valence-electron chi connectivity index (χ3n) is 3.59. The molecule has 3 N–H and O–H groups in total. The third-order valence-corrected chi connectivity index (χ3v) is 3.59. The van der Waals surface area contributed by atoms with Gasteiger partial charge in [-0.3, -0.25) is 4.79 Å². The number of piperidine rings is 1. The van der Waals surface area contributed by atoms with E-state index < -0.39 is 5.91 Å². The zero-order valence-electron chi connectivity index (χ0n) is 11.6. The van der Waals surface area contributed by atoms with Crippen molar-refractivity contribution in [3.05, 3.63) is 23.4 Å². The Bertz CT molecular complexity index is 459. The summed E-state index contributed by atoms with van der Waals surface area (Å²) in [5.74, 6) is 0.938. The number of aromatic nitrogens is 1. The van der Waals surface area contributed by atoms with Crippen LogP contribution in [0.1, 0.15) is 28.9 Å². The van der Waals surface area contributed by atoms with Crippen LogP contribution in [0, 0.1) is 12.8 Å². The van der Waals surface area contributed by atoms with E-state index in [-0.39, 0.29) is 0 Å². The van der Waals surface area contributed by atoms with E-state index in [0.29, 0.717) is 11.5 Å². The van der Waals surface area contributed by atoms with Crippen molar-refractivity contribution in [2.24, 2.45) is 11.7 Å². The monoisotopic (exact) mass is 262 g/mol. The van der Waals surface area contributed by atoms with Crippen molar-refractivity contribution >= 4 is 11.7 Å². The number of nitrogens with one attached hydrogen (secondary N) is 1. The first kappa shape index (κ1) is 13.8. The summed E-state index contributed by atoms with van der Waals surface area (Å²) < 4.78 is 0. The van der Waals surface area contributed by atoms with E-state index in [9.17, 15) is 4.79 Å². The molecule has 0 aromatic carbocycles. The molecule has 5 nitrogen and oxygen atoms in total. The Hall–Kier alpha value is -1.62. The molecule has 1 aliphatic rings. The van der Waals surface area contributed by atoms with Crippen molar-refractivity contribution in [2.45, 2.75) is 19.8 Å². The van der Waals surface area contributed by atoms with Gasteiger partial charge in [-0.2, -0.15) is 0 Å². The standard InChI is InChI=1S/C14H22N4O/c1-10-5-6-12(13(15)19)14(17-10)18-7-3-4-11(9-18)8-16-2/h5-6,11,16H,3-4,7-9H2,1-2H3,(H2,15,19). The predicted octanol–water partition coefficient (Wildman–Crippen LogP) is 0.925. The summed E-state index contributed by atoms with van der Waals surface area (Å²) >= 11 is 0. The van der Waals surface area contributed by atoms with Gasteiger partial charge in [-0.25, -0.2) is 4.98 Å². The van der Waals surface area contributed by atoms with Gasteiger partial charge < -0.3 is 16.0 Å². The second-order valence-electron chi connectivity index (χ2n) is 5.20. The molecule has 1 saturated heterocycles. The molecule has 1 aromatic heterocycles. The molecule has 5 heteroatoms. The lowest BCUT2D eigenvalue weighted by Crippen LogP contribution is -2.40. The van der Waals surface area contributed by atoms with Crippen LogP contribution in [0.4, 0.5) is 5.82 Å². The lowest BCUT2D eigenvalue weighted by atomic mass is 9.97. The van der Waals surface area contributed by atoms with Crippen molar-refractivity contribution in [3.63, 3.8) is 0 Å². The topological polar surface area (TPSA) is 71.2 Å². The molecule has 1 atom stereocenters. The van der Waals surface area contributed by atoms with E-state index in [1.807, 2.05) is 20.0 Å². The average Bonchev–Trinajstić information content (AvgIpc) is 2.39. The van der Waals surface area contributed by atoms with Crippen LogP contribution in [0.15, 0.2) is 12.1 Å². The normalized spacial score (nSPS) is 19.5. The quantitative estimate of drug-likeness (QED) is 0.846. The lowest BCUT2D eigenvalue weighted by Gasteiger charge is -2.34. The molecule has 0 radical (unpaired) electrons. The zero-order chi connectivity index (χ0) is 13.8. The van der Waals surface area contributed by atoms with Gasteiger partial charge in [0.15, 0.2) is 0 Å². The summed E-state index contributed by atoms with van der Waals surface area (Å²) in [6, 6.07) is 3.61. The minimum atomic E-state index is -0.404.